The van der Waals surface area contributed by atoms with Crippen molar-refractivity contribution in [1.82, 2.24) is 15.6 Å². The molecule has 0 aliphatic carbocycles. The summed E-state index contributed by atoms with van der Waals surface area (Å²) < 4.78 is 94.8. The number of aromatic nitrogens is 1. The molecule has 0 unspecified atom stereocenters. The molecule has 2 N–H and O–H groups in total. The van der Waals surface area contributed by atoms with Crippen molar-refractivity contribution in [2.45, 2.75) is 44.2 Å². The Morgan fingerprint density at radius 3 is 2.00 bits per heavy atom. The second-order valence-corrected chi connectivity index (χ2v) is 8.48. The molecule has 0 fully saturated rings. The van der Waals surface area contributed by atoms with Crippen molar-refractivity contribution in [3.8, 4) is 0 Å². The minimum Gasteiger partial charge on any atom is -0.336 e. The van der Waals surface area contributed by atoms with E-state index in [-0.39, 0.29) is 17.7 Å². The first-order chi connectivity index (χ1) is 16.7. The minimum atomic E-state index is -4.93. The summed E-state index contributed by atoms with van der Waals surface area (Å²) in [5, 5.41) is 5.12. The fraction of sp³-hybridized carbons (Fsp3) is 0.280. The van der Waals surface area contributed by atoms with Crippen molar-refractivity contribution in [3.05, 3.63) is 101 Å². The van der Waals surface area contributed by atoms with Gasteiger partial charge in [-0.3, -0.25) is 4.98 Å². The largest absolute Gasteiger partial charge is 0.417 e. The van der Waals surface area contributed by atoms with Crippen LogP contribution in [-0.4, -0.2) is 17.1 Å². The summed E-state index contributed by atoms with van der Waals surface area (Å²) in [5.41, 5.74) is -4.44. The summed E-state index contributed by atoms with van der Waals surface area (Å²) >= 11 is 0. The maximum Gasteiger partial charge on any atom is 0.417 e. The van der Waals surface area contributed by atoms with Gasteiger partial charge in [-0.15, -0.1) is 0 Å². The summed E-state index contributed by atoms with van der Waals surface area (Å²) in [6, 6.07) is 10.4. The average molecular weight is 513 g/mol. The third-order valence-electron chi connectivity index (χ3n) is 5.30. The van der Waals surface area contributed by atoms with Crippen LogP contribution in [0.3, 0.4) is 0 Å². The Balaban J connectivity index is 2.31. The molecule has 3 aromatic rings. The molecule has 0 bridgehead atoms. The van der Waals surface area contributed by atoms with Gasteiger partial charge in [-0.05, 0) is 55.3 Å². The van der Waals surface area contributed by atoms with E-state index in [4.69, 9.17) is 0 Å². The predicted molar refractivity (Wildman–Crippen MR) is 118 cm³/mol. The van der Waals surface area contributed by atoms with Crippen molar-refractivity contribution in [2.75, 3.05) is 0 Å². The van der Waals surface area contributed by atoms with Crippen molar-refractivity contribution in [3.63, 3.8) is 0 Å². The van der Waals surface area contributed by atoms with Crippen LogP contribution in [-0.2, 0) is 24.3 Å². The fourth-order valence-electron chi connectivity index (χ4n) is 3.73. The topological polar surface area (TPSA) is 54.0 Å². The number of carbonyl (C=O) groups is 1. The Morgan fingerprint density at radius 1 is 0.861 bits per heavy atom. The van der Waals surface area contributed by atoms with Gasteiger partial charge in [0.15, 0.2) is 0 Å². The number of nitrogens with zero attached hydrogens (tertiary/aromatic N) is 1. The molecule has 0 spiro atoms. The van der Waals surface area contributed by atoms with E-state index in [9.17, 15) is 35.5 Å². The molecule has 1 heterocycles. The summed E-state index contributed by atoms with van der Waals surface area (Å²) in [6.07, 6.45) is -9.37. The van der Waals surface area contributed by atoms with Gasteiger partial charge in [0.25, 0.3) is 0 Å². The van der Waals surface area contributed by atoms with Crippen LogP contribution >= 0.6 is 0 Å². The molecule has 4 nitrogen and oxygen atoms in total. The van der Waals surface area contributed by atoms with E-state index in [1.54, 1.807) is 44.2 Å². The number of urea groups is 1. The van der Waals surface area contributed by atoms with Gasteiger partial charge < -0.3 is 10.6 Å². The smallest absolute Gasteiger partial charge is 0.336 e. The molecule has 0 saturated carbocycles. The van der Waals surface area contributed by atoms with E-state index >= 15 is 0 Å². The van der Waals surface area contributed by atoms with E-state index in [1.165, 1.54) is 0 Å². The highest BCUT2D eigenvalue weighted by Gasteiger charge is 2.41. The number of hydrogen-bond acceptors (Lipinski definition) is 2. The third kappa shape index (κ3) is 6.32. The molecule has 0 aliphatic heterocycles. The van der Waals surface area contributed by atoms with Crippen LogP contribution < -0.4 is 10.6 Å². The number of benzene rings is 2. The highest BCUT2D eigenvalue weighted by Crippen LogP contribution is 2.38. The molecular weight excluding hydrogens is 491 g/mol. The third-order valence-corrected chi connectivity index (χ3v) is 5.30. The van der Waals surface area contributed by atoms with Crippen LogP contribution in [0.5, 0.6) is 0 Å². The number of alkyl halides is 6. The fourth-order valence-corrected chi connectivity index (χ4v) is 3.73. The normalized spacial score (nSPS) is 13.8. The Labute approximate surface area is 202 Å². The zero-order valence-corrected chi connectivity index (χ0v) is 19.1. The molecule has 3 rings (SSSR count). The summed E-state index contributed by atoms with van der Waals surface area (Å²) in [5.74, 6) is -1.24. The lowest BCUT2D eigenvalue weighted by molar-refractivity contribution is -0.138. The first kappa shape index (κ1) is 27.0. The summed E-state index contributed by atoms with van der Waals surface area (Å²) in [4.78, 5) is 16.7. The van der Waals surface area contributed by atoms with E-state index in [1.807, 2.05) is 0 Å². The molecule has 1 atom stereocenters. The lowest BCUT2D eigenvalue weighted by Gasteiger charge is -2.36. The molecule has 0 radical (unpaired) electrons. The average Bonchev–Trinajstić information content (AvgIpc) is 2.77. The van der Waals surface area contributed by atoms with Crippen molar-refractivity contribution < 1.29 is 35.5 Å². The maximum absolute atomic E-state index is 14.5. The van der Waals surface area contributed by atoms with Gasteiger partial charge in [0.05, 0.1) is 16.8 Å². The van der Waals surface area contributed by atoms with Gasteiger partial charge in [-0.2, -0.15) is 26.3 Å². The second-order valence-electron chi connectivity index (χ2n) is 8.48. The monoisotopic (exact) mass is 513 g/mol. The van der Waals surface area contributed by atoms with E-state index < -0.39 is 46.9 Å². The number of amides is 2. The summed E-state index contributed by atoms with van der Waals surface area (Å²) in [6.45, 7) is 3.28. The zero-order valence-electron chi connectivity index (χ0n) is 19.1. The first-order valence-electron chi connectivity index (χ1n) is 10.8. The second kappa shape index (κ2) is 10.2. The van der Waals surface area contributed by atoms with Crippen LogP contribution in [0, 0.1) is 5.82 Å². The van der Waals surface area contributed by atoms with Crippen LogP contribution in [0.2, 0.25) is 0 Å². The van der Waals surface area contributed by atoms with Gasteiger partial charge in [-0.25, -0.2) is 9.18 Å². The Morgan fingerprint density at radius 2 is 1.47 bits per heavy atom. The van der Waals surface area contributed by atoms with Crippen LogP contribution in [0.1, 0.15) is 41.8 Å². The number of nitrogens with one attached hydrogen (secondary N) is 2. The Kier molecular flexibility index (Phi) is 7.61. The maximum atomic E-state index is 14.5. The van der Waals surface area contributed by atoms with Crippen molar-refractivity contribution in [1.29, 1.82) is 0 Å². The van der Waals surface area contributed by atoms with Crippen LogP contribution in [0.4, 0.5) is 35.5 Å². The van der Waals surface area contributed by atoms with E-state index in [0.717, 1.165) is 12.1 Å². The van der Waals surface area contributed by atoms with Crippen LogP contribution in [0.15, 0.2) is 66.9 Å². The highest BCUT2D eigenvalue weighted by molar-refractivity contribution is 5.76. The van der Waals surface area contributed by atoms with Crippen molar-refractivity contribution in [2.24, 2.45) is 0 Å². The molecule has 192 valence electrons. The molecule has 0 saturated heterocycles. The molecule has 2 aromatic carbocycles. The lowest BCUT2D eigenvalue weighted by atomic mass is 9.79. The zero-order chi connectivity index (χ0) is 26.7. The van der Waals surface area contributed by atoms with Crippen molar-refractivity contribution >= 4 is 6.03 Å². The van der Waals surface area contributed by atoms with Gasteiger partial charge >= 0.3 is 18.4 Å². The Bertz CT molecular complexity index is 1190. The Hall–Kier alpha value is -3.63. The molecule has 1 aromatic heterocycles. The van der Waals surface area contributed by atoms with Gasteiger partial charge in [0, 0.05) is 18.7 Å². The van der Waals surface area contributed by atoms with E-state index in [0.29, 0.717) is 30.0 Å². The number of rotatable bonds is 6. The quantitative estimate of drug-likeness (QED) is 0.372. The minimum absolute atomic E-state index is 0.211. The number of hydrogen-bond donors (Lipinski definition) is 2. The molecule has 36 heavy (non-hydrogen) atoms. The molecule has 2 amide bonds. The number of halogens is 7. The van der Waals surface area contributed by atoms with Crippen LogP contribution in [0.25, 0.3) is 0 Å². The lowest BCUT2D eigenvalue weighted by Crippen LogP contribution is -2.53. The van der Waals surface area contributed by atoms with Gasteiger partial charge in [0.2, 0.25) is 0 Å². The summed E-state index contributed by atoms with van der Waals surface area (Å²) in [7, 11) is 0. The SMILES string of the molecule is CC(C)NC(=O)N[C@@](Cc1ccccc1)(c1cc(F)cc(C(F)(F)F)c1)c1ccc(C(F)(F)F)cn1. The van der Waals surface area contributed by atoms with Gasteiger partial charge in [-0.1, -0.05) is 30.3 Å². The number of pyridine rings is 1. The van der Waals surface area contributed by atoms with Gasteiger partial charge in [0.1, 0.15) is 11.4 Å². The van der Waals surface area contributed by atoms with E-state index in [2.05, 4.69) is 15.6 Å². The number of carbonyl (C=O) groups excluding carboxylic acids is 1. The highest BCUT2D eigenvalue weighted by atomic mass is 19.4. The molecule has 11 heteroatoms. The molecular formula is C25H22F7N3O. The molecule has 0 aliphatic rings. The predicted octanol–water partition coefficient (Wildman–Crippen LogP) is 6.45. The first-order valence-corrected chi connectivity index (χ1v) is 10.8. The standard InChI is InChI=1S/C25H22F7N3O/c1-15(2)34-22(36)35-23(13-16-6-4-3-5-7-16,21-9-8-17(14-33-21)24(27,28)29)18-10-19(25(30,31)32)12-20(26)11-18/h3-12,14-15H,13H2,1-2H3,(H2,34,35,36)/t23-/m0/s1.